The summed E-state index contributed by atoms with van der Waals surface area (Å²) in [5, 5.41) is 114. The Labute approximate surface area is 443 Å². The van der Waals surface area contributed by atoms with Crippen LogP contribution in [0.5, 0.6) is 0 Å². The lowest BCUT2D eigenvalue weighted by molar-refractivity contribution is -0.271. The van der Waals surface area contributed by atoms with E-state index < -0.39 is 202 Å². The molecule has 0 aliphatic carbocycles. The van der Waals surface area contributed by atoms with Gasteiger partial charge in [-0.05, 0) is 52.6 Å². The summed E-state index contributed by atoms with van der Waals surface area (Å²) in [4.78, 5) is 118. The van der Waals surface area contributed by atoms with Gasteiger partial charge in [0.05, 0.1) is 44.7 Å². The summed E-state index contributed by atoms with van der Waals surface area (Å²) in [5.41, 5.74) is 6.14. The van der Waals surface area contributed by atoms with Crippen molar-refractivity contribution in [2.24, 2.45) is 11.7 Å². The molecule has 442 valence electrons. The molecular weight excluding hydrogens is 1030 g/mol. The van der Waals surface area contributed by atoms with Gasteiger partial charge in [0.25, 0.3) is 0 Å². The number of aliphatic hydroxyl groups excluding tert-OH is 8. The Morgan fingerprint density at radius 1 is 0.597 bits per heavy atom. The lowest BCUT2D eigenvalue weighted by Gasteiger charge is -2.42. The van der Waals surface area contributed by atoms with E-state index in [4.69, 9.17) is 29.8 Å². The van der Waals surface area contributed by atoms with Crippen molar-refractivity contribution in [3.8, 4) is 0 Å². The molecule has 77 heavy (non-hydrogen) atoms. The van der Waals surface area contributed by atoms with E-state index in [0.717, 1.165) is 27.7 Å². The average molecular weight is 1110 g/mol. The van der Waals surface area contributed by atoms with Crippen molar-refractivity contribution in [1.82, 2.24) is 47.9 Å². The normalized spacial score (nSPS) is 26.8. The molecule has 2 rings (SSSR count). The molecule has 0 saturated carbocycles. The number of aliphatic carboxylic acids is 1. The van der Waals surface area contributed by atoms with Crippen LogP contribution in [0.3, 0.4) is 0 Å². The Morgan fingerprint density at radius 2 is 1.01 bits per heavy atom. The Hall–Kier alpha value is -5.33. The Balaban J connectivity index is 2.62. The molecule has 0 radical (unpaired) electrons. The van der Waals surface area contributed by atoms with Gasteiger partial charge in [0.2, 0.25) is 47.3 Å². The minimum atomic E-state index is -2.08. The number of carboxylic acid groups (broad SMARTS) is 1. The minimum absolute atomic E-state index is 0.0325. The molecule has 32 nitrogen and oxygen atoms in total. The first-order chi connectivity index (χ1) is 36.1. The van der Waals surface area contributed by atoms with Gasteiger partial charge in [-0.25, -0.2) is 0 Å². The molecule has 2 saturated heterocycles. The van der Waals surface area contributed by atoms with Crippen molar-refractivity contribution < 1.29 is 108 Å². The van der Waals surface area contributed by atoms with Gasteiger partial charge in [-0.1, -0.05) is 20.3 Å². The molecule has 2 aliphatic rings. The van der Waals surface area contributed by atoms with Crippen LogP contribution in [0.1, 0.15) is 67.2 Å². The SMILES string of the molecule is CC[C@H](C)C(N)C(=O)NC(CO[C@H]1OC(CO)[C@H](O)C(O)C1NC(C)=O)C(=O)NC(C(=O)NC(CO[C@H]1OC(CO)[C@H](O)C(O)C1NC(C)=O)C(=O)NC(C(=O)N[C@@H](CCCCNC)C(=O)NCC(=O)O)[C@@H](C)O)[C@@H](C)O. The number of unbranched alkanes of at least 4 members (excludes halogenated alkanes) is 1. The maximum Gasteiger partial charge on any atom is 0.322 e. The Kier molecular flexibility index (Phi) is 29.2. The highest BCUT2D eigenvalue weighted by atomic mass is 16.7. The van der Waals surface area contributed by atoms with E-state index in [-0.39, 0.29) is 6.42 Å². The smallest absolute Gasteiger partial charge is 0.322 e. The second-order valence-corrected chi connectivity index (χ2v) is 18.8. The van der Waals surface area contributed by atoms with Gasteiger partial charge in [-0.3, -0.25) is 43.2 Å². The number of hydrogen-bond acceptors (Lipinski definition) is 23. The van der Waals surface area contributed by atoms with Crippen molar-refractivity contribution in [3.63, 3.8) is 0 Å². The van der Waals surface area contributed by atoms with Gasteiger partial charge in [-0.2, -0.15) is 0 Å². The van der Waals surface area contributed by atoms with Crippen molar-refractivity contribution in [2.75, 3.05) is 46.6 Å². The largest absolute Gasteiger partial charge is 0.480 e. The number of hydrogen-bond donors (Lipinski definition) is 19. The summed E-state index contributed by atoms with van der Waals surface area (Å²) >= 11 is 0. The molecule has 11 unspecified atom stereocenters. The molecule has 32 heteroatoms. The monoisotopic (exact) mass is 1110 g/mol. The number of ether oxygens (including phenoxy) is 4. The zero-order valence-electron chi connectivity index (χ0n) is 44.0. The number of carboxylic acids is 1. The molecular formula is C45H80N10O22. The maximum absolute atomic E-state index is 14.3. The number of carbonyl (C=O) groups is 9. The highest BCUT2D eigenvalue weighted by Crippen LogP contribution is 2.24. The molecule has 19 atom stereocenters. The van der Waals surface area contributed by atoms with Gasteiger partial charge in [0.1, 0.15) is 85.5 Å². The summed E-state index contributed by atoms with van der Waals surface area (Å²) in [7, 11) is 1.68. The topological polar surface area (TPSA) is 507 Å². The van der Waals surface area contributed by atoms with Crippen molar-refractivity contribution >= 4 is 53.2 Å². The fourth-order valence-corrected chi connectivity index (χ4v) is 7.80. The zero-order valence-corrected chi connectivity index (χ0v) is 44.0. The minimum Gasteiger partial charge on any atom is -0.480 e. The van der Waals surface area contributed by atoms with E-state index in [0.29, 0.717) is 25.8 Å². The lowest BCUT2D eigenvalue weighted by atomic mass is 9.97. The molecule has 8 amide bonds. The first-order valence-electron chi connectivity index (χ1n) is 24.9. The predicted octanol–water partition coefficient (Wildman–Crippen LogP) is -9.94. The van der Waals surface area contributed by atoms with Crippen LogP contribution in [-0.4, -0.2) is 255 Å². The van der Waals surface area contributed by atoms with E-state index in [2.05, 4.69) is 47.9 Å². The number of amides is 8. The van der Waals surface area contributed by atoms with Crippen LogP contribution >= 0.6 is 0 Å². The Morgan fingerprint density at radius 3 is 1.38 bits per heavy atom. The van der Waals surface area contributed by atoms with Gasteiger partial charge in [0, 0.05) is 13.8 Å². The zero-order chi connectivity index (χ0) is 58.4. The lowest BCUT2D eigenvalue weighted by Crippen LogP contribution is -2.66. The number of aliphatic hydroxyl groups is 8. The molecule has 0 bridgehead atoms. The van der Waals surface area contributed by atoms with E-state index in [9.17, 15) is 84.0 Å². The summed E-state index contributed by atoms with van der Waals surface area (Å²) < 4.78 is 22.7. The summed E-state index contributed by atoms with van der Waals surface area (Å²) in [6, 6.07) is -13.7. The summed E-state index contributed by atoms with van der Waals surface area (Å²) in [6.07, 6.45) is -16.1. The molecule has 0 spiro atoms. The number of nitrogens with one attached hydrogen (secondary N) is 9. The Bertz CT molecular complexity index is 1960. The predicted molar refractivity (Wildman–Crippen MR) is 262 cm³/mol. The highest BCUT2D eigenvalue weighted by molar-refractivity contribution is 5.97. The van der Waals surface area contributed by atoms with E-state index in [1.54, 1.807) is 20.9 Å². The van der Waals surface area contributed by atoms with Crippen LogP contribution in [0.2, 0.25) is 0 Å². The third-order valence-corrected chi connectivity index (χ3v) is 12.5. The van der Waals surface area contributed by atoms with Gasteiger partial charge in [0.15, 0.2) is 12.6 Å². The van der Waals surface area contributed by atoms with Gasteiger partial charge >= 0.3 is 5.97 Å². The summed E-state index contributed by atoms with van der Waals surface area (Å²) in [5.74, 6) is -10.4. The van der Waals surface area contributed by atoms with E-state index >= 15 is 0 Å². The highest BCUT2D eigenvalue weighted by Gasteiger charge is 2.48. The van der Waals surface area contributed by atoms with Crippen molar-refractivity contribution in [3.05, 3.63) is 0 Å². The van der Waals surface area contributed by atoms with Crippen LogP contribution in [-0.2, 0) is 62.1 Å². The van der Waals surface area contributed by atoms with Crippen LogP contribution in [0, 0.1) is 5.92 Å². The molecule has 0 aromatic carbocycles. The fraction of sp³-hybridized carbons (Fsp3) is 0.800. The van der Waals surface area contributed by atoms with E-state index in [1.807, 2.05) is 0 Å². The third-order valence-electron chi connectivity index (χ3n) is 12.5. The molecule has 2 heterocycles. The van der Waals surface area contributed by atoms with Crippen molar-refractivity contribution in [2.45, 2.75) is 177 Å². The standard InChI is InChI=1S/C45H80N10O22/c1-8-18(2)29(46)41(71)52-24(16-74-44-32(49-21(5)60)36(66)34(64)26(14-56)76-44)39(69)55-31(20(4)59)43(73)53-25(17-75-45-33(50-22(6)61)37(67)35(65)27(15-57)77-45)40(70)54-30(19(3)58)42(72)51-23(11-9-10-12-47-7)38(68)48-13-28(62)63/h18-20,23-27,29-37,44-45,47,56-59,64-67H,8-17,46H2,1-7H3,(H,48,68)(H,49,60)(H,50,61)(H,51,72)(H,52,71)(H,53,73)(H,54,70)(H,55,69)(H,62,63)/t18-,19+,20+,23-,24?,25?,26?,27?,29?,30?,31?,32?,33?,34-,35-,36?,37?,44-,45-/m0/s1. The number of rotatable bonds is 32. The fourth-order valence-electron chi connectivity index (χ4n) is 7.80. The maximum atomic E-state index is 14.3. The summed E-state index contributed by atoms with van der Waals surface area (Å²) in [6.45, 7) is 3.58. The number of nitrogens with two attached hydrogens (primary N) is 1. The molecule has 2 fully saturated rings. The number of carbonyl (C=O) groups excluding carboxylic acids is 8. The van der Waals surface area contributed by atoms with Crippen LogP contribution in [0.15, 0.2) is 0 Å². The molecule has 20 N–H and O–H groups in total. The van der Waals surface area contributed by atoms with Crippen LogP contribution in [0.4, 0.5) is 0 Å². The first kappa shape index (κ1) is 67.8. The van der Waals surface area contributed by atoms with E-state index in [1.165, 1.54) is 0 Å². The van der Waals surface area contributed by atoms with Crippen LogP contribution in [0.25, 0.3) is 0 Å². The van der Waals surface area contributed by atoms with Crippen LogP contribution < -0.4 is 53.6 Å². The molecule has 0 aromatic rings. The first-order valence-corrected chi connectivity index (χ1v) is 24.9. The van der Waals surface area contributed by atoms with Gasteiger partial charge < -0.3 is 118 Å². The average Bonchev–Trinajstić information content (AvgIpc) is 3.37. The third kappa shape index (κ3) is 21.1. The van der Waals surface area contributed by atoms with Crippen molar-refractivity contribution in [1.29, 1.82) is 0 Å². The second-order valence-electron chi connectivity index (χ2n) is 18.8. The quantitative estimate of drug-likeness (QED) is 0.0278. The molecule has 0 aromatic heterocycles. The molecule has 2 aliphatic heterocycles. The van der Waals surface area contributed by atoms with Gasteiger partial charge in [-0.15, -0.1) is 0 Å². The second kappa shape index (κ2) is 33.2.